The Labute approximate surface area is 769 Å². The lowest BCUT2D eigenvalue weighted by atomic mass is 9.33. The summed E-state index contributed by atoms with van der Waals surface area (Å²) in [5.74, 6) is 0. The molecule has 0 atom stereocenters. The van der Waals surface area contributed by atoms with Crippen molar-refractivity contribution in [2.24, 2.45) is 0 Å². The fourth-order valence-corrected chi connectivity index (χ4v) is 21.1. The first-order valence-electron chi connectivity index (χ1n) is 46.3. The second-order valence-corrected chi connectivity index (χ2v) is 40.1. The molecule has 0 saturated heterocycles. The van der Waals surface area contributed by atoms with Crippen molar-refractivity contribution in [1.29, 1.82) is 0 Å². The Balaban J connectivity index is 0.907. The summed E-state index contributed by atoms with van der Waals surface area (Å²) >= 11 is 0. The maximum Gasteiger partial charge on any atom is 0.252 e. The summed E-state index contributed by atoms with van der Waals surface area (Å²) in [4.78, 5) is 7.88. The predicted molar refractivity (Wildman–Crippen MR) is 560 cm³/mol. The van der Waals surface area contributed by atoms with Gasteiger partial charge in [0, 0.05) is 106 Å². The van der Waals surface area contributed by atoms with Gasteiger partial charge in [-0.3, -0.25) is 0 Å². The van der Waals surface area contributed by atoms with Gasteiger partial charge in [0.25, 0.3) is 6.71 Å². The van der Waals surface area contributed by atoms with Crippen LogP contribution in [-0.2, 0) is 21.7 Å². The SMILES string of the molecule is CC(C)(C)c1cc(-c2ccc3c(c2)N(c2c(-c4ccccc4)cccc2-c2ccccc2)c2cc(-n4c5ccc(N(c6ccccc6)c6ccccc6)cc5c5cc(-n6c7ccccc7c7ccccc76)ccc54)cc4c2B3c2ccc(-n3c5ccc(C(C)(C)C)cc5c5cc(C(C)(C)C)ccc53)cc2N4c2c(-c3ccccc3)cccc2-c2ccccc2)cc(C(C)(C)C)c1. The van der Waals surface area contributed by atoms with Gasteiger partial charge in [-0.1, -0.05) is 362 Å². The van der Waals surface area contributed by atoms with Crippen molar-refractivity contribution >= 4 is 140 Å². The number of hydrogen-bond donors (Lipinski definition) is 0. The van der Waals surface area contributed by atoms with Crippen LogP contribution < -0.4 is 31.1 Å². The standard InChI is InChI=1S/C124H103BN6/c1-121(2,3)86-58-65-110-102(73-86)103-74-87(122(4,5)6)59-66-111(103)128(110)94-60-64-107-115(77-94)131(120-98(82-41-23-15-24-42-82)53-36-54-99(120)83-43-25-16-26-44-83)117-79-95(129-112-67-61-92(126(90-45-27-17-28-46-90)91-47-29-18-30-48-91)75-104(112)105-76-93(62-68-113(105)129)127-108-55-33-31-49-100(108)101-50-32-34-56-109(101)127)78-116-118(117)125(107)106-63-57-84(85-69-88(123(7,8)9)72-89(70-85)124(10,11)12)71-114(106)130(116)119-96(80-37-19-13-20-38-80)51-35-52-97(119)81-39-21-14-22-40-81/h13-79H,1-12H3. The van der Waals surface area contributed by atoms with Crippen molar-refractivity contribution in [3.63, 3.8) is 0 Å². The zero-order valence-corrected chi connectivity index (χ0v) is 76.4. The van der Waals surface area contributed by atoms with Crippen molar-refractivity contribution in [3.8, 4) is 72.7 Å². The van der Waals surface area contributed by atoms with Gasteiger partial charge in [-0.05, 0) is 221 Å². The van der Waals surface area contributed by atoms with E-state index in [1.165, 1.54) is 65.8 Å². The highest BCUT2D eigenvalue weighted by Crippen LogP contribution is 2.56. The number of aromatic nitrogens is 3. The average molecular weight is 1690 g/mol. The minimum Gasteiger partial charge on any atom is -0.310 e. The number of fused-ring (bicyclic) bond motifs is 13. The molecule has 5 heterocycles. The smallest absolute Gasteiger partial charge is 0.252 e. The van der Waals surface area contributed by atoms with E-state index in [1.54, 1.807) is 0 Å². The minimum absolute atomic E-state index is 0.0972. The molecule has 0 aliphatic carbocycles. The summed E-state index contributed by atoms with van der Waals surface area (Å²) in [7, 11) is 0. The van der Waals surface area contributed by atoms with Gasteiger partial charge >= 0.3 is 0 Å². The van der Waals surface area contributed by atoms with Gasteiger partial charge in [-0.2, -0.15) is 0 Å². The quantitative estimate of drug-likeness (QED) is 0.108. The molecule has 2 aliphatic heterocycles. The van der Waals surface area contributed by atoms with Crippen molar-refractivity contribution in [3.05, 3.63) is 429 Å². The Kier molecular flexibility index (Phi) is 18.9. The molecule has 7 heteroatoms. The number of anilines is 9. The first-order valence-corrected chi connectivity index (χ1v) is 46.3. The second-order valence-electron chi connectivity index (χ2n) is 40.1. The largest absolute Gasteiger partial charge is 0.310 e. The minimum atomic E-state index is -0.341. The van der Waals surface area contributed by atoms with Crippen LogP contribution in [0.25, 0.3) is 138 Å². The fraction of sp³-hybridized carbons (Fsp3) is 0.129. The van der Waals surface area contributed by atoms with Crippen molar-refractivity contribution < 1.29 is 0 Å². The third kappa shape index (κ3) is 13.5. The van der Waals surface area contributed by atoms with Crippen LogP contribution in [0.4, 0.5) is 51.2 Å². The Hall–Kier alpha value is -15.2. The Bertz CT molecular complexity index is 7800. The lowest BCUT2D eigenvalue weighted by molar-refractivity contribution is 0.569. The Morgan fingerprint density at radius 1 is 0.206 bits per heavy atom. The van der Waals surface area contributed by atoms with Crippen LogP contribution in [0.3, 0.4) is 0 Å². The highest BCUT2D eigenvalue weighted by atomic mass is 15.2. The van der Waals surface area contributed by atoms with E-state index >= 15 is 0 Å². The molecule has 6 nitrogen and oxygen atoms in total. The van der Waals surface area contributed by atoms with Crippen LogP contribution in [0.15, 0.2) is 406 Å². The highest BCUT2D eigenvalue weighted by Gasteiger charge is 2.47. The molecule has 0 saturated carbocycles. The molecule has 21 aromatic rings. The molecular formula is C124H103BN6. The fourth-order valence-electron chi connectivity index (χ4n) is 21.1. The molecule has 0 unspecified atom stereocenters. The van der Waals surface area contributed by atoms with E-state index in [-0.39, 0.29) is 28.4 Å². The number of rotatable bonds is 13. The number of benzene rings is 18. The Morgan fingerprint density at radius 2 is 0.542 bits per heavy atom. The van der Waals surface area contributed by atoms with Gasteiger partial charge in [0.05, 0.1) is 50.2 Å². The first-order chi connectivity index (χ1) is 63.5. The molecule has 0 N–H and O–H groups in total. The summed E-state index contributed by atoms with van der Waals surface area (Å²) in [5.41, 5.74) is 39.2. The van der Waals surface area contributed by atoms with Crippen LogP contribution >= 0.6 is 0 Å². The molecule has 632 valence electrons. The molecule has 131 heavy (non-hydrogen) atoms. The van der Waals surface area contributed by atoms with Crippen LogP contribution in [0.5, 0.6) is 0 Å². The van der Waals surface area contributed by atoms with Crippen molar-refractivity contribution in [2.45, 2.75) is 105 Å². The van der Waals surface area contributed by atoms with Crippen LogP contribution in [0.1, 0.15) is 105 Å². The Morgan fingerprint density at radius 3 is 0.977 bits per heavy atom. The van der Waals surface area contributed by atoms with Crippen LogP contribution in [0, 0.1) is 0 Å². The first kappa shape index (κ1) is 80.4. The van der Waals surface area contributed by atoms with Gasteiger partial charge in [0.1, 0.15) is 0 Å². The van der Waals surface area contributed by atoms with Crippen LogP contribution in [0.2, 0.25) is 0 Å². The molecular weight excluding hydrogens is 1580 g/mol. The molecule has 0 radical (unpaired) electrons. The van der Waals surface area contributed by atoms with Crippen LogP contribution in [-0.4, -0.2) is 20.4 Å². The maximum absolute atomic E-state index is 2.74. The molecule has 2 aliphatic rings. The van der Waals surface area contributed by atoms with E-state index in [0.717, 1.165) is 162 Å². The van der Waals surface area contributed by atoms with Gasteiger partial charge < -0.3 is 28.4 Å². The lowest BCUT2D eigenvalue weighted by Gasteiger charge is -2.46. The van der Waals surface area contributed by atoms with Gasteiger partial charge in [-0.25, -0.2) is 0 Å². The summed E-state index contributed by atoms with van der Waals surface area (Å²) < 4.78 is 7.67. The zero-order chi connectivity index (χ0) is 89.1. The van der Waals surface area contributed by atoms with E-state index in [2.05, 4.69) is 518 Å². The number of nitrogens with zero attached hydrogens (tertiary/aromatic N) is 6. The molecule has 0 bridgehead atoms. The zero-order valence-electron chi connectivity index (χ0n) is 76.4. The van der Waals surface area contributed by atoms with Gasteiger partial charge in [-0.15, -0.1) is 0 Å². The number of hydrogen-bond acceptors (Lipinski definition) is 3. The average Bonchev–Trinajstić information content (AvgIpc) is 1.34. The number of para-hydroxylation sites is 6. The van der Waals surface area contributed by atoms with E-state index in [4.69, 9.17) is 0 Å². The third-order valence-electron chi connectivity index (χ3n) is 27.8. The van der Waals surface area contributed by atoms with E-state index in [0.29, 0.717) is 0 Å². The van der Waals surface area contributed by atoms with E-state index < -0.39 is 0 Å². The normalized spacial score (nSPS) is 12.8. The molecule has 0 spiro atoms. The monoisotopic (exact) mass is 1690 g/mol. The maximum atomic E-state index is 2.74. The summed E-state index contributed by atoms with van der Waals surface area (Å²) in [6.45, 7) is 27.9. The highest BCUT2D eigenvalue weighted by molar-refractivity contribution is 7.00. The molecule has 3 aromatic heterocycles. The summed E-state index contributed by atoms with van der Waals surface area (Å²) in [5, 5.41) is 7.15. The molecule has 0 fully saturated rings. The topological polar surface area (TPSA) is 24.5 Å². The van der Waals surface area contributed by atoms with Gasteiger partial charge in [0.2, 0.25) is 0 Å². The third-order valence-corrected chi connectivity index (χ3v) is 27.8. The second kappa shape index (κ2) is 30.8. The summed E-state index contributed by atoms with van der Waals surface area (Å²) in [6, 6.07) is 155. The molecule has 0 amide bonds. The van der Waals surface area contributed by atoms with E-state index in [9.17, 15) is 0 Å². The lowest BCUT2D eigenvalue weighted by Crippen LogP contribution is -2.61. The van der Waals surface area contributed by atoms with Crippen molar-refractivity contribution in [1.82, 2.24) is 13.7 Å². The van der Waals surface area contributed by atoms with E-state index in [1.807, 2.05) is 0 Å². The summed E-state index contributed by atoms with van der Waals surface area (Å²) in [6.07, 6.45) is 0. The predicted octanol–water partition coefficient (Wildman–Crippen LogP) is 32.1. The van der Waals surface area contributed by atoms with Crippen molar-refractivity contribution in [2.75, 3.05) is 14.7 Å². The molecule has 18 aromatic carbocycles. The van der Waals surface area contributed by atoms with Gasteiger partial charge in [0.15, 0.2) is 0 Å². The molecule has 23 rings (SSSR count).